The van der Waals surface area contributed by atoms with E-state index in [9.17, 15) is 0 Å². The lowest BCUT2D eigenvalue weighted by Gasteiger charge is -2.30. The van der Waals surface area contributed by atoms with E-state index in [2.05, 4.69) is 110 Å². The van der Waals surface area contributed by atoms with Crippen LogP contribution in [0.2, 0.25) is 0 Å². The fourth-order valence-corrected chi connectivity index (χ4v) is 3.60. The van der Waals surface area contributed by atoms with Gasteiger partial charge in [0.15, 0.2) is 0 Å². The number of nitrogens with zero attached hydrogens (tertiary/aromatic N) is 1. The Balaban J connectivity index is 3.59. The summed E-state index contributed by atoms with van der Waals surface area (Å²) in [4.78, 5) is 2.86. The van der Waals surface area contributed by atoms with E-state index >= 15 is 0 Å². The summed E-state index contributed by atoms with van der Waals surface area (Å²) < 4.78 is 0. The molecule has 0 bridgehead atoms. The molecule has 0 heterocycles. The van der Waals surface area contributed by atoms with E-state index in [1.165, 1.54) is 22.3 Å². The van der Waals surface area contributed by atoms with Crippen molar-refractivity contribution >= 4 is 18.7 Å². The first-order valence-corrected chi connectivity index (χ1v) is 11.3. The summed E-state index contributed by atoms with van der Waals surface area (Å²) in [6.07, 6.45) is 7.36. The van der Waals surface area contributed by atoms with Crippen molar-refractivity contribution in [2.45, 2.75) is 74.1 Å². The fraction of sp³-hybridized carbons (Fsp3) is 0.429. The molecular weight excluding hydrogens is 382 g/mol. The molecule has 0 saturated heterocycles. The minimum atomic E-state index is 0.151. The molecule has 0 aliphatic carbocycles. The van der Waals surface area contributed by atoms with Crippen LogP contribution in [0.25, 0.3) is 6.08 Å². The molecule has 1 aromatic carbocycles. The highest BCUT2D eigenvalue weighted by Crippen LogP contribution is 2.32. The van der Waals surface area contributed by atoms with Crippen LogP contribution >= 0.6 is 12.6 Å². The third-order valence-corrected chi connectivity index (χ3v) is 5.71. The number of thiol groups is 1. The van der Waals surface area contributed by atoms with Crippen molar-refractivity contribution in [3.8, 4) is 0 Å². The van der Waals surface area contributed by atoms with Crippen molar-refractivity contribution < 1.29 is 0 Å². The van der Waals surface area contributed by atoms with Crippen molar-refractivity contribution in [2.75, 3.05) is 0 Å². The third kappa shape index (κ3) is 6.54. The molecule has 1 nitrogen and oxygen atoms in total. The van der Waals surface area contributed by atoms with Gasteiger partial charge in [-0.15, -0.1) is 12.6 Å². The molecule has 0 radical (unpaired) electrons. The Bertz CT molecular complexity index is 872. The van der Waals surface area contributed by atoms with Crippen LogP contribution in [-0.4, -0.2) is 4.90 Å². The van der Waals surface area contributed by atoms with Crippen LogP contribution in [0.15, 0.2) is 71.1 Å². The molecule has 0 aliphatic heterocycles. The molecule has 0 unspecified atom stereocenters. The minimum absolute atomic E-state index is 0.151. The van der Waals surface area contributed by atoms with E-state index in [0.29, 0.717) is 5.92 Å². The average Bonchev–Trinajstić information content (AvgIpc) is 2.65. The number of hydrogen-bond donors (Lipinski definition) is 1. The molecule has 1 rings (SSSR count). The standard InChI is InChI=1S/C28H41NS/c1-12-16-29(22(7)19(3)4)27(23(8)30)21(6)20(5)17-25-14-15-26(28(9,10)11)18-24(25)13-2/h12,14-19,30H,7-8,13H2,1-6,9-11H3/b16-12-,20-17+,27-21+. The lowest BCUT2D eigenvalue weighted by Crippen LogP contribution is -2.20. The highest BCUT2D eigenvalue weighted by atomic mass is 32.1. The molecule has 30 heavy (non-hydrogen) atoms. The molecule has 0 aromatic heterocycles. The normalized spacial score (nSPS) is 13.6. The number of hydrogen-bond acceptors (Lipinski definition) is 2. The maximum absolute atomic E-state index is 4.64. The molecular formula is C28H41NS. The van der Waals surface area contributed by atoms with Gasteiger partial charge >= 0.3 is 0 Å². The predicted molar refractivity (Wildman–Crippen MR) is 140 cm³/mol. The molecule has 0 saturated carbocycles. The van der Waals surface area contributed by atoms with Crippen LogP contribution in [0, 0.1) is 5.92 Å². The maximum atomic E-state index is 4.64. The Morgan fingerprint density at radius 1 is 1.17 bits per heavy atom. The van der Waals surface area contributed by atoms with Crippen LogP contribution < -0.4 is 0 Å². The quantitative estimate of drug-likeness (QED) is 0.323. The maximum Gasteiger partial charge on any atom is 0.0611 e. The molecule has 0 aliphatic rings. The van der Waals surface area contributed by atoms with Gasteiger partial charge in [0.2, 0.25) is 0 Å². The van der Waals surface area contributed by atoms with Gasteiger partial charge in [0.25, 0.3) is 0 Å². The van der Waals surface area contributed by atoms with Crippen LogP contribution in [0.5, 0.6) is 0 Å². The van der Waals surface area contributed by atoms with Crippen molar-refractivity contribution in [1.82, 2.24) is 4.90 Å². The first-order chi connectivity index (χ1) is 13.8. The van der Waals surface area contributed by atoms with Gasteiger partial charge in [0.05, 0.1) is 5.70 Å². The van der Waals surface area contributed by atoms with Gasteiger partial charge in [-0.3, -0.25) is 0 Å². The van der Waals surface area contributed by atoms with Crippen molar-refractivity contribution in [2.24, 2.45) is 5.92 Å². The zero-order valence-electron chi connectivity index (χ0n) is 20.6. The summed E-state index contributed by atoms with van der Waals surface area (Å²) in [6, 6.07) is 6.86. The molecule has 0 atom stereocenters. The lowest BCUT2D eigenvalue weighted by atomic mass is 9.84. The van der Waals surface area contributed by atoms with Gasteiger partial charge in [-0.05, 0) is 66.4 Å². The molecule has 0 amide bonds. The first-order valence-electron chi connectivity index (χ1n) is 10.9. The monoisotopic (exact) mass is 423 g/mol. The zero-order chi connectivity index (χ0) is 23.2. The highest BCUT2D eigenvalue weighted by Gasteiger charge is 2.18. The second-order valence-corrected chi connectivity index (χ2v) is 9.80. The second kappa shape index (κ2) is 10.9. The number of allylic oxidation sites excluding steroid dienone is 4. The van der Waals surface area contributed by atoms with Crippen molar-refractivity contribution in [1.29, 1.82) is 0 Å². The fourth-order valence-electron chi connectivity index (χ4n) is 3.32. The predicted octanol–water partition coefficient (Wildman–Crippen LogP) is 8.67. The van der Waals surface area contributed by atoms with E-state index in [0.717, 1.165) is 28.3 Å². The summed E-state index contributed by atoms with van der Waals surface area (Å²) in [6.45, 7) is 28.1. The van der Waals surface area contributed by atoms with Crippen LogP contribution in [0.4, 0.5) is 0 Å². The Morgan fingerprint density at radius 2 is 1.77 bits per heavy atom. The van der Waals surface area contributed by atoms with Gasteiger partial charge < -0.3 is 4.90 Å². The summed E-state index contributed by atoms with van der Waals surface area (Å²) >= 11 is 4.64. The molecule has 1 aromatic rings. The topological polar surface area (TPSA) is 3.24 Å². The van der Waals surface area contributed by atoms with Gasteiger partial charge in [0.1, 0.15) is 0 Å². The van der Waals surface area contributed by atoms with E-state index in [-0.39, 0.29) is 5.41 Å². The minimum Gasteiger partial charge on any atom is -0.320 e. The largest absolute Gasteiger partial charge is 0.320 e. The zero-order valence-corrected chi connectivity index (χ0v) is 21.5. The van der Waals surface area contributed by atoms with E-state index in [4.69, 9.17) is 0 Å². The van der Waals surface area contributed by atoms with Gasteiger partial charge in [0, 0.05) is 16.8 Å². The third-order valence-electron chi connectivity index (χ3n) is 5.50. The first kappa shape index (κ1) is 26.1. The Hall–Kier alpha value is -1.93. The van der Waals surface area contributed by atoms with E-state index < -0.39 is 0 Å². The van der Waals surface area contributed by atoms with Crippen molar-refractivity contribution in [3.05, 3.63) is 87.8 Å². The summed E-state index contributed by atoms with van der Waals surface area (Å²) in [7, 11) is 0. The van der Waals surface area contributed by atoms with Gasteiger partial charge in [-0.25, -0.2) is 0 Å². The molecule has 0 fully saturated rings. The number of aryl methyl sites for hydroxylation is 1. The van der Waals surface area contributed by atoms with E-state index in [1.807, 2.05) is 19.2 Å². The Labute approximate surface area is 191 Å². The summed E-state index contributed by atoms with van der Waals surface area (Å²) in [5.74, 6) is 0.317. The van der Waals surface area contributed by atoms with Crippen LogP contribution in [-0.2, 0) is 11.8 Å². The molecule has 2 heteroatoms. The smallest absolute Gasteiger partial charge is 0.0611 e. The number of benzene rings is 1. The highest BCUT2D eigenvalue weighted by molar-refractivity contribution is 7.84. The van der Waals surface area contributed by atoms with Crippen molar-refractivity contribution in [3.63, 3.8) is 0 Å². The lowest BCUT2D eigenvalue weighted by molar-refractivity contribution is 0.503. The second-order valence-electron chi connectivity index (χ2n) is 9.26. The van der Waals surface area contributed by atoms with Gasteiger partial charge in [-0.1, -0.05) is 85.1 Å². The average molecular weight is 424 g/mol. The van der Waals surface area contributed by atoms with Crippen LogP contribution in [0.3, 0.4) is 0 Å². The van der Waals surface area contributed by atoms with Gasteiger partial charge in [-0.2, -0.15) is 0 Å². The van der Waals surface area contributed by atoms with Crippen LogP contribution in [0.1, 0.15) is 79.0 Å². The molecule has 164 valence electrons. The Morgan fingerprint density at radius 3 is 2.20 bits per heavy atom. The molecule has 0 spiro atoms. The molecule has 0 N–H and O–H groups in total. The van der Waals surface area contributed by atoms with E-state index in [1.54, 1.807) is 0 Å². The Kier molecular flexibility index (Phi) is 9.49. The SMILES string of the molecule is C=C(S)/C(=C(C)\C(C)=C\c1ccc(C(C)(C)C)cc1CC)N(/C=C\C)C(=C)C(C)C. The number of rotatable bonds is 8. The summed E-state index contributed by atoms with van der Waals surface area (Å²) in [5, 5.41) is 0. The summed E-state index contributed by atoms with van der Waals surface area (Å²) in [5.41, 5.74) is 8.53.